The van der Waals surface area contributed by atoms with Crippen molar-refractivity contribution in [3.63, 3.8) is 0 Å². The minimum Gasteiger partial charge on any atom is -0.392 e. The van der Waals surface area contributed by atoms with Crippen LogP contribution in [0.25, 0.3) is 5.69 Å². The van der Waals surface area contributed by atoms with E-state index in [2.05, 4.69) is 54.6 Å². The molecule has 0 amide bonds. The van der Waals surface area contributed by atoms with Crippen LogP contribution in [-0.4, -0.2) is 14.9 Å². The highest BCUT2D eigenvalue weighted by molar-refractivity contribution is 5.36. The Labute approximate surface area is 142 Å². The summed E-state index contributed by atoms with van der Waals surface area (Å²) in [5, 5.41) is 17.2. The molecule has 24 heavy (non-hydrogen) atoms. The molecule has 0 saturated carbocycles. The topological polar surface area (TPSA) is 50.1 Å². The van der Waals surface area contributed by atoms with E-state index in [1.54, 1.807) is 6.20 Å². The van der Waals surface area contributed by atoms with Gasteiger partial charge >= 0.3 is 0 Å². The van der Waals surface area contributed by atoms with E-state index in [1.165, 1.54) is 11.1 Å². The molecule has 124 valence electrons. The van der Waals surface area contributed by atoms with E-state index in [-0.39, 0.29) is 18.7 Å². The third-order valence-electron chi connectivity index (χ3n) is 4.27. The van der Waals surface area contributed by atoms with Gasteiger partial charge in [-0.05, 0) is 48.7 Å². The van der Waals surface area contributed by atoms with Gasteiger partial charge in [0.1, 0.15) is 0 Å². The molecule has 3 aromatic rings. The van der Waals surface area contributed by atoms with E-state index in [9.17, 15) is 5.11 Å². The van der Waals surface area contributed by atoms with Crippen LogP contribution in [0.15, 0.2) is 67.0 Å². The zero-order valence-corrected chi connectivity index (χ0v) is 14.1. The van der Waals surface area contributed by atoms with Crippen molar-refractivity contribution in [2.75, 3.05) is 0 Å². The first-order valence-corrected chi connectivity index (χ1v) is 8.23. The summed E-state index contributed by atoms with van der Waals surface area (Å²) >= 11 is 0. The lowest BCUT2D eigenvalue weighted by Gasteiger charge is -2.21. The quantitative estimate of drug-likeness (QED) is 0.726. The molecule has 2 unspecified atom stereocenters. The lowest BCUT2D eigenvalue weighted by atomic mass is 10.0. The highest BCUT2D eigenvalue weighted by atomic mass is 16.3. The predicted molar refractivity (Wildman–Crippen MR) is 95.9 cm³/mol. The van der Waals surface area contributed by atoms with E-state index in [1.807, 2.05) is 35.1 Å². The van der Waals surface area contributed by atoms with Crippen LogP contribution in [0.5, 0.6) is 0 Å². The second kappa shape index (κ2) is 7.43. The average molecular weight is 321 g/mol. The van der Waals surface area contributed by atoms with Gasteiger partial charge in [-0.3, -0.25) is 0 Å². The Balaban J connectivity index is 1.74. The monoisotopic (exact) mass is 321 g/mol. The van der Waals surface area contributed by atoms with Crippen molar-refractivity contribution in [2.24, 2.45) is 0 Å². The number of rotatable bonds is 6. The van der Waals surface area contributed by atoms with Crippen LogP contribution in [0.3, 0.4) is 0 Å². The summed E-state index contributed by atoms with van der Waals surface area (Å²) in [7, 11) is 0. The second-order valence-corrected chi connectivity index (χ2v) is 6.06. The van der Waals surface area contributed by atoms with Gasteiger partial charge in [0.2, 0.25) is 0 Å². The van der Waals surface area contributed by atoms with E-state index >= 15 is 0 Å². The van der Waals surface area contributed by atoms with Gasteiger partial charge in [0.15, 0.2) is 0 Å². The van der Waals surface area contributed by atoms with Gasteiger partial charge in [-0.15, -0.1) is 0 Å². The van der Waals surface area contributed by atoms with Crippen LogP contribution in [0.1, 0.15) is 42.6 Å². The van der Waals surface area contributed by atoms with Crippen LogP contribution >= 0.6 is 0 Å². The zero-order valence-electron chi connectivity index (χ0n) is 14.1. The molecule has 2 N–H and O–H groups in total. The van der Waals surface area contributed by atoms with Crippen molar-refractivity contribution in [1.82, 2.24) is 15.1 Å². The van der Waals surface area contributed by atoms with Crippen LogP contribution in [0.2, 0.25) is 0 Å². The number of aliphatic hydroxyl groups excluding tert-OH is 1. The predicted octanol–water partition coefficient (Wildman–Crippen LogP) is 3.78. The SMILES string of the molecule is CC(NC(C)c1cccc(-n2cccn2)c1)c1cccc(CO)c1. The van der Waals surface area contributed by atoms with Crippen molar-refractivity contribution in [3.05, 3.63) is 83.7 Å². The first kappa shape index (κ1) is 16.4. The van der Waals surface area contributed by atoms with Crippen LogP contribution < -0.4 is 5.32 Å². The molecule has 0 bridgehead atoms. The van der Waals surface area contributed by atoms with Crippen LogP contribution in [0.4, 0.5) is 0 Å². The summed E-state index contributed by atoms with van der Waals surface area (Å²) in [6.45, 7) is 4.38. The number of nitrogens with one attached hydrogen (secondary N) is 1. The molecule has 0 aliphatic rings. The number of benzene rings is 2. The summed E-state index contributed by atoms with van der Waals surface area (Å²) in [5.74, 6) is 0. The van der Waals surface area contributed by atoms with Crippen LogP contribution in [-0.2, 0) is 6.61 Å². The summed E-state index contributed by atoms with van der Waals surface area (Å²) in [6, 6.07) is 18.8. The lowest BCUT2D eigenvalue weighted by Crippen LogP contribution is -2.22. The fourth-order valence-corrected chi connectivity index (χ4v) is 2.89. The van der Waals surface area contributed by atoms with Crippen LogP contribution in [0, 0.1) is 0 Å². The van der Waals surface area contributed by atoms with Crippen molar-refractivity contribution in [2.45, 2.75) is 32.5 Å². The smallest absolute Gasteiger partial charge is 0.0681 e. The maximum atomic E-state index is 9.30. The summed E-state index contributed by atoms with van der Waals surface area (Å²) in [5.41, 5.74) is 4.39. The van der Waals surface area contributed by atoms with Crippen molar-refractivity contribution >= 4 is 0 Å². The van der Waals surface area contributed by atoms with E-state index in [4.69, 9.17) is 0 Å². The number of hydrogen-bond acceptors (Lipinski definition) is 3. The Hall–Kier alpha value is -2.43. The second-order valence-electron chi connectivity index (χ2n) is 6.06. The normalized spacial score (nSPS) is 13.6. The molecule has 2 atom stereocenters. The van der Waals surface area contributed by atoms with Gasteiger partial charge in [-0.2, -0.15) is 5.10 Å². The number of aromatic nitrogens is 2. The van der Waals surface area contributed by atoms with E-state index < -0.39 is 0 Å². The molecular formula is C20H23N3O. The zero-order chi connectivity index (χ0) is 16.9. The highest BCUT2D eigenvalue weighted by Gasteiger charge is 2.12. The molecule has 0 spiro atoms. The molecule has 1 heterocycles. The minimum absolute atomic E-state index is 0.0715. The molecule has 0 saturated heterocycles. The van der Waals surface area contributed by atoms with E-state index in [0.717, 1.165) is 11.3 Å². The van der Waals surface area contributed by atoms with Crippen molar-refractivity contribution in [1.29, 1.82) is 0 Å². The number of aliphatic hydroxyl groups is 1. The van der Waals surface area contributed by atoms with Gasteiger partial charge < -0.3 is 10.4 Å². The number of hydrogen-bond donors (Lipinski definition) is 2. The Morgan fingerprint density at radius 1 is 1.00 bits per heavy atom. The summed E-state index contributed by atoms with van der Waals surface area (Å²) < 4.78 is 1.87. The average Bonchev–Trinajstić information content (AvgIpc) is 3.16. The largest absolute Gasteiger partial charge is 0.392 e. The van der Waals surface area contributed by atoms with Gasteiger partial charge in [0.05, 0.1) is 12.3 Å². The molecule has 2 aromatic carbocycles. The van der Waals surface area contributed by atoms with Gasteiger partial charge in [-0.1, -0.05) is 36.4 Å². The van der Waals surface area contributed by atoms with Crippen molar-refractivity contribution < 1.29 is 5.11 Å². The van der Waals surface area contributed by atoms with Gasteiger partial charge in [0, 0.05) is 24.5 Å². The molecule has 4 heteroatoms. The minimum atomic E-state index is 0.0715. The van der Waals surface area contributed by atoms with E-state index in [0.29, 0.717) is 0 Å². The first-order chi connectivity index (χ1) is 11.7. The third-order valence-corrected chi connectivity index (χ3v) is 4.27. The standard InChI is InChI=1S/C20H23N3O/c1-15(18-7-3-6-17(12-18)14-24)22-16(2)19-8-4-9-20(13-19)23-11-5-10-21-23/h3-13,15-16,22,24H,14H2,1-2H3. The Morgan fingerprint density at radius 3 is 2.38 bits per heavy atom. The molecule has 1 aromatic heterocycles. The molecule has 3 rings (SSSR count). The molecule has 0 aliphatic carbocycles. The molecule has 0 radical (unpaired) electrons. The fraction of sp³-hybridized carbons (Fsp3) is 0.250. The molecule has 0 aliphatic heterocycles. The Bertz CT molecular complexity index is 783. The molecule has 4 nitrogen and oxygen atoms in total. The first-order valence-electron chi connectivity index (χ1n) is 8.23. The maximum absolute atomic E-state index is 9.30. The Morgan fingerprint density at radius 2 is 1.71 bits per heavy atom. The fourth-order valence-electron chi connectivity index (χ4n) is 2.89. The van der Waals surface area contributed by atoms with Gasteiger partial charge in [0.25, 0.3) is 0 Å². The Kier molecular flexibility index (Phi) is 5.08. The summed E-state index contributed by atoms with van der Waals surface area (Å²) in [6.07, 6.45) is 3.73. The van der Waals surface area contributed by atoms with Crippen molar-refractivity contribution in [3.8, 4) is 5.69 Å². The molecular weight excluding hydrogens is 298 g/mol. The molecule has 0 fully saturated rings. The highest BCUT2D eigenvalue weighted by Crippen LogP contribution is 2.22. The third kappa shape index (κ3) is 3.72. The summed E-state index contributed by atoms with van der Waals surface area (Å²) in [4.78, 5) is 0. The maximum Gasteiger partial charge on any atom is 0.0681 e. The lowest BCUT2D eigenvalue weighted by molar-refractivity contribution is 0.281. The number of nitrogens with zero attached hydrogens (tertiary/aromatic N) is 2. The van der Waals surface area contributed by atoms with Gasteiger partial charge in [-0.25, -0.2) is 4.68 Å².